The van der Waals surface area contributed by atoms with E-state index in [-0.39, 0.29) is 18.4 Å². The first-order valence-electron chi connectivity index (χ1n) is 8.32. The van der Waals surface area contributed by atoms with Gasteiger partial charge in [0.15, 0.2) is 16.6 Å². The summed E-state index contributed by atoms with van der Waals surface area (Å²) in [5.74, 6) is 2.17. The van der Waals surface area contributed by atoms with Crippen molar-refractivity contribution in [3.8, 4) is 23.0 Å². The third-order valence-electron chi connectivity index (χ3n) is 4.02. The van der Waals surface area contributed by atoms with Gasteiger partial charge in [0.05, 0.1) is 19.9 Å². The van der Waals surface area contributed by atoms with E-state index in [0.29, 0.717) is 33.8 Å². The maximum absolute atomic E-state index is 12.6. The summed E-state index contributed by atoms with van der Waals surface area (Å²) in [6.07, 6.45) is 0. The normalized spacial score (nSPS) is 11.8. The largest absolute Gasteiger partial charge is 0.497 e. The molecule has 1 amide bonds. The van der Waals surface area contributed by atoms with Crippen molar-refractivity contribution in [2.45, 2.75) is 0 Å². The van der Waals surface area contributed by atoms with Crippen molar-refractivity contribution >= 4 is 33.8 Å². The molecule has 2 N–H and O–H groups in total. The molecule has 0 saturated heterocycles. The van der Waals surface area contributed by atoms with Crippen LogP contribution >= 0.6 is 11.3 Å². The maximum atomic E-state index is 12.6. The van der Waals surface area contributed by atoms with Gasteiger partial charge < -0.3 is 29.6 Å². The lowest BCUT2D eigenvalue weighted by Crippen LogP contribution is -2.13. The maximum Gasteiger partial charge on any atom is 0.275 e. The van der Waals surface area contributed by atoms with Gasteiger partial charge in [0.1, 0.15) is 17.2 Å². The van der Waals surface area contributed by atoms with Crippen LogP contribution in [0.5, 0.6) is 23.0 Å². The Hall–Kier alpha value is -3.46. The summed E-state index contributed by atoms with van der Waals surface area (Å²) < 4.78 is 21.1. The zero-order valence-electron chi connectivity index (χ0n) is 15.1. The second-order valence-electron chi connectivity index (χ2n) is 5.75. The number of aromatic nitrogens is 1. The number of methoxy groups -OCH3 is 2. The molecule has 1 aliphatic heterocycles. The van der Waals surface area contributed by atoms with E-state index in [1.807, 2.05) is 18.2 Å². The van der Waals surface area contributed by atoms with Crippen LogP contribution in [-0.4, -0.2) is 31.9 Å². The summed E-state index contributed by atoms with van der Waals surface area (Å²) in [4.78, 5) is 16.9. The van der Waals surface area contributed by atoms with Gasteiger partial charge in [-0.15, -0.1) is 11.3 Å². The molecule has 0 spiro atoms. The predicted molar refractivity (Wildman–Crippen MR) is 105 cm³/mol. The smallest absolute Gasteiger partial charge is 0.275 e. The number of nitrogens with zero attached hydrogens (tertiary/aromatic N) is 1. The number of hydrogen-bond acceptors (Lipinski definition) is 8. The first-order valence-corrected chi connectivity index (χ1v) is 9.20. The van der Waals surface area contributed by atoms with Crippen LogP contribution in [-0.2, 0) is 0 Å². The molecule has 0 saturated carbocycles. The number of ether oxygens (including phenoxy) is 4. The Balaban J connectivity index is 1.47. The van der Waals surface area contributed by atoms with Gasteiger partial charge in [-0.2, -0.15) is 0 Å². The van der Waals surface area contributed by atoms with E-state index >= 15 is 0 Å². The predicted octanol–water partition coefficient (Wildman–Crippen LogP) is 3.88. The lowest BCUT2D eigenvalue weighted by atomic mass is 10.2. The summed E-state index contributed by atoms with van der Waals surface area (Å²) in [6, 6.07) is 10.7. The topological polar surface area (TPSA) is 90.9 Å². The Morgan fingerprint density at radius 2 is 1.96 bits per heavy atom. The third-order valence-corrected chi connectivity index (χ3v) is 4.77. The highest BCUT2D eigenvalue weighted by Gasteiger charge is 2.16. The molecule has 9 heteroatoms. The molecule has 8 nitrogen and oxygen atoms in total. The summed E-state index contributed by atoms with van der Waals surface area (Å²) >= 11 is 1.32. The van der Waals surface area contributed by atoms with Gasteiger partial charge in [-0.1, -0.05) is 0 Å². The average Bonchev–Trinajstić information content (AvgIpc) is 3.37. The second kappa shape index (κ2) is 7.65. The number of rotatable bonds is 6. The fourth-order valence-corrected chi connectivity index (χ4v) is 3.34. The number of thiazole rings is 1. The molecular formula is C19H17N3O5S. The average molecular weight is 399 g/mol. The highest BCUT2D eigenvalue weighted by molar-refractivity contribution is 7.14. The molecule has 144 valence electrons. The number of carbonyl (C=O) groups excluding carboxylic acids is 1. The van der Waals surface area contributed by atoms with Gasteiger partial charge in [0, 0.05) is 23.2 Å². The summed E-state index contributed by atoms with van der Waals surface area (Å²) in [5.41, 5.74) is 1.59. The van der Waals surface area contributed by atoms with Gasteiger partial charge in [-0.05, 0) is 24.3 Å². The van der Waals surface area contributed by atoms with E-state index in [2.05, 4.69) is 15.6 Å². The summed E-state index contributed by atoms with van der Waals surface area (Å²) in [7, 11) is 3.09. The molecular weight excluding hydrogens is 382 g/mol. The van der Waals surface area contributed by atoms with E-state index in [0.717, 1.165) is 5.69 Å². The van der Waals surface area contributed by atoms with Crippen LogP contribution in [0.15, 0.2) is 41.8 Å². The van der Waals surface area contributed by atoms with E-state index < -0.39 is 0 Å². The SMILES string of the molecule is COc1ccc(OC)c(NC(=O)c2csc(Nc3ccc4c(c3)OCO4)n2)c1. The van der Waals surface area contributed by atoms with Crippen molar-refractivity contribution in [2.75, 3.05) is 31.6 Å². The van der Waals surface area contributed by atoms with Crippen LogP contribution in [0.3, 0.4) is 0 Å². The molecule has 0 fully saturated rings. The van der Waals surface area contributed by atoms with E-state index in [4.69, 9.17) is 18.9 Å². The Labute approximate surface area is 165 Å². The standard InChI is InChI=1S/C19H17N3O5S/c1-24-12-4-6-15(25-2)13(8-12)21-18(23)14-9-28-19(22-14)20-11-3-5-16-17(7-11)27-10-26-16/h3-9H,10H2,1-2H3,(H,20,22)(H,21,23). The zero-order chi connectivity index (χ0) is 19.5. The minimum Gasteiger partial charge on any atom is -0.497 e. The van der Waals surface area contributed by atoms with E-state index in [1.165, 1.54) is 18.4 Å². The Morgan fingerprint density at radius 3 is 2.79 bits per heavy atom. The first kappa shape index (κ1) is 17.9. The van der Waals surface area contributed by atoms with Crippen molar-refractivity contribution in [1.29, 1.82) is 0 Å². The summed E-state index contributed by atoms with van der Waals surface area (Å²) in [6.45, 7) is 0.216. The van der Waals surface area contributed by atoms with Crippen molar-refractivity contribution < 1.29 is 23.7 Å². The van der Waals surface area contributed by atoms with Crippen molar-refractivity contribution in [3.63, 3.8) is 0 Å². The van der Waals surface area contributed by atoms with Crippen LogP contribution < -0.4 is 29.6 Å². The van der Waals surface area contributed by atoms with Crippen LogP contribution in [0.2, 0.25) is 0 Å². The highest BCUT2D eigenvalue weighted by atomic mass is 32.1. The van der Waals surface area contributed by atoms with Crippen molar-refractivity contribution in [3.05, 3.63) is 47.5 Å². The first-order chi connectivity index (χ1) is 13.7. The fraction of sp³-hybridized carbons (Fsp3) is 0.158. The van der Waals surface area contributed by atoms with E-state index in [1.54, 1.807) is 30.7 Å². The van der Waals surface area contributed by atoms with Gasteiger partial charge >= 0.3 is 0 Å². The molecule has 2 aromatic carbocycles. The van der Waals surface area contributed by atoms with Gasteiger partial charge in [-0.3, -0.25) is 4.79 Å². The van der Waals surface area contributed by atoms with Gasteiger partial charge in [0.2, 0.25) is 6.79 Å². The third kappa shape index (κ3) is 3.65. The number of anilines is 3. The Morgan fingerprint density at radius 1 is 1.11 bits per heavy atom. The molecule has 0 radical (unpaired) electrons. The molecule has 0 bridgehead atoms. The number of fused-ring (bicyclic) bond motifs is 1. The molecule has 0 atom stereocenters. The highest BCUT2D eigenvalue weighted by Crippen LogP contribution is 2.35. The number of benzene rings is 2. The monoisotopic (exact) mass is 399 g/mol. The zero-order valence-corrected chi connectivity index (χ0v) is 16.0. The molecule has 1 aromatic heterocycles. The second-order valence-corrected chi connectivity index (χ2v) is 6.61. The number of nitrogens with one attached hydrogen (secondary N) is 2. The molecule has 2 heterocycles. The van der Waals surface area contributed by atoms with Crippen molar-refractivity contribution in [2.24, 2.45) is 0 Å². The van der Waals surface area contributed by atoms with Crippen LogP contribution in [0.1, 0.15) is 10.5 Å². The Bertz CT molecular complexity index is 1020. The fourth-order valence-electron chi connectivity index (χ4n) is 2.63. The molecule has 4 rings (SSSR count). The van der Waals surface area contributed by atoms with Crippen LogP contribution in [0.4, 0.5) is 16.5 Å². The van der Waals surface area contributed by atoms with Gasteiger partial charge in [0.25, 0.3) is 5.91 Å². The van der Waals surface area contributed by atoms with Crippen molar-refractivity contribution in [1.82, 2.24) is 4.98 Å². The lowest BCUT2D eigenvalue weighted by molar-refractivity contribution is 0.102. The lowest BCUT2D eigenvalue weighted by Gasteiger charge is -2.11. The number of amides is 1. The molecule has 0 unspecified atom stereocenters. The number of hydrogen-bond donors (Lipinski definition) is 2. The molecule has 1 aliphatic rings. The Kier molecular flexibility index (Phi) is 4.90. The van der Waals surface area contributed by atoms with Crippen LogP contribution in [0.25, 0.3) is 0 Å². The van der Waals surface area contributed by atoms with Crippen LogP contribution in [0, 0.1) is 0 Å². The molecule has 3 aromatic rings. The van der Waals surface area contributed by atoms with Gasteiger partial charge in [-0.25, -0.2) is 4.98 Å². The quantitative estimate of drug-likeness (QED) is 0.650. The molecule has 0 aliphatic carbocycles. The molecule has 28 heavy (non-hydrogen) atoms. The van der Waals surface area contributed by atoms with E-state index in [9.17, 15) is 4.79 Å². The minimum atomic E-state index is -0.346. The minimum absolute atomic E-state index is 0.216. The summed E-state index contributed by atoms with van der Waals surface area (Å²) in [5, 5.41) is 8.22. The number of carbonyl (C=O) groups is 1.